The standard InChI is InChI=1S/C21H27NO3S/c1-5-15(6-2)19(23)22-20-17(21(24)25-7-3)13-18(26-20)14(4)16-11-9-8-10-12-16/h8-15H,5-7H2,1-4H3,(H,22,23). The van der Waals surface area contributed by atoms with Gasteiger partial charge in [0, 0.05) is 16.7 Å². The number of anilines is 1. The third-order valence-corrected chi connectivity index (χ3v) is 5.80. The van der Waals surface area contributed by atoms with Gasteiger partial charge in [0.2, 0.25) is 5.91 Å². The van der Waals surface area contributed by atoms with E-state index in [1.165, 1.54) is 16.9 Å². The van der Waals surface area contributed by atoms with Crippen LogP contribution in [0.15, 0.2) is 36.4 Å². The molecule has 1 heterocycles. The first-order valence-electron chi connectivity index (χ1n) is 9.18. The van der Waals surface area contributed by atoms with Crippen LogP contribution in [-0.2, 0) is 9.53 Å². The van der Waals surface area contributed by atoms with Crippen molar-refractivity contribution in [1.29, 1.82) is 0 Å². The molecule has 0 bridgehead atoms. The Morgan fingerprint density at radius 2 is 1.77 bits per heavy atom. The van der Waals surface area contributed by atoms with Crippen molar-refractivity contribution in [3.8, 4) is 0 Å². The van der Waals surface area contributed by atoms with Crippen LogP contribution in [0.5, 0.6) is 0 Å². The van der Waals surface area contributed by atoms with E-state index in [2.05, 4.69) is 24.4 Å². The molecule has 0 aliphatic carbocycles. The molecule has 1 unspecified atom stereocenters. The predicted molar refractivity (Wildman–Crippen MR) is 107 cm³/mol. The molecule has 1 aromatic carbocycles. The Kier molecular flexibility index (Phi) is 7.39. The van der Waals surface area contributed by atoms with Gasteiger partial charge in [-0.2, -0.15) is 0 Å². The van der Waals surface area contributed by atoms with E-state index in [1.54, 1.807) is 6.92 Å². The van der Waals surface area contributed by atoms with Gasteiger partial charge >= 0.3 is 5.97 Å². The third kappa shape index (κ3) is 4.73. The number of benzene rings is 1. The molecule has 0 fully saturated rings. The Bertz CT molecular complexity index is 735. The molecule has 1 aromatic heterocycles. The average molecular weight is 374 g/mol. The van der Waals surface area contributed by atoms with Crippen LogP contribution < -0.4 is 5.32 Å². The number of hydrogen-bond acceptors (Lipinski definition) is 4. The Balaban J connectivity index is 2.34. The monoisotopic (exact) mass is 373 g/mol. The van der Waals surface area contributed by atoms with Crippen molar-refractivity contribution in [3.63, 3.8) is 0 Å². The zero-order valence-corrected chi connectivity index (χ0v) is 16.7. The van der Waals surface area contributed by atoms with Gasteiger partial charge in [-0.05, 0) is 31.4 Å². The fourth-order valence-corrected chi connectivity index (χ4v) is 3.99. The van der Waals surface area contributed by atoms with Crippen LogP contribution >= 0.6 is 11.3 Å². The van der Waals surface area contributed by atoms with Gasteiger partial charge in [0.1, 0.15) is 5.00 Å². The number of carbonyl (C=O) groups is 2. The molecule has 0 radical (unpaired) electrons. The number of esters is 1. The van der Waals surface area contributed by atoms with Gasteiger partial charge in [-0.3, -0.25) is 4.79 Å². The van der Waals surface area contributed by atoms with Crippen molar-refractivity contribution in [3.05, 3.63) is 52.4 Å². The molecule has 1 N–H and O–H groups in total. The number of rotatable bonds is 8. The molecule has 2 aromatic rings. The molecule has 0 aliphatic rings. The fourth-order valence-electron chi connectivity index (χ4n) is 2.86. The lowest BCUT2D eigenvalue weighted by molar-refractivity contribution is -0.120. The number of carbonyl (C=O) groups excluding carboxylic acids is 2. The smallest absolute Gasteiger partial charge is 0.341 e. The van der Waals surface area contributed by atoms with Crippen molar-refractivity contribution in [1.82, 2.24) is 0 Å². The first-order chi connectivity index (χ1) is 12.5. The maximum Gasteiger partial charge on any atom is 0.341 e. The highest BCUT2D eigenvalue weighted by molar-refractivity contribution is 7.16. The summed E-state index contributed by atoms with van der Waals surface area (Å²) in [6, 6.07) is 12.0. The Labute approximate surface area is 159 Å². The highest BCUT2D eigenvalue weighted by Crippen LogP contribution is 2.36. The first kappa shape index (κ1) is 20.2. The number of nitrogens with one attached hydrogen (secondary N) is 1. The van der Waals surface area contributed by atoms with Crippen LogP contribution in [0.1, 0.15) is 67.3 Å². The van der Waals surface area contributed by atoms with E-state index in [9.17, 15) is 9.59 Å². The molecule has 0 spiro atoms. The fraction of sp³-hybridized carbons (Fsp3) is 0.429. The van der Waals surface area contributed by atoms with E-state index in [1.807, 2.05) is 38.1 Å². The quantitative estimate of drug-likeness (QED) is 0.626. The maximum absolute atomic E-state index is 12.5. The van der Waals surface area contributed by atoms with E-state index < -0.39 is 5.97 Å². The van der Waals surface area contributed by atoms with Gasteiger partial charge < -0.3 is 10.1 Å². The molecular formula is C21H27NO3S. The highest BCUT2D eigenvalue weighted by Gasteiger charge is 2.23. The molecule has 26 heavy (non-hydrogen) atoms. The summed E-state index contributed by atoms with van der Waals surface area (Å²) in [6.45, 7) is 8.18. The summed E-state index contributed by atoms with van der Waals surface area (Å²) in [5.74, 6) is -0.355. The predicted octanol–water partition coefficient (Wildman–Crippen LogP) is 5.45. The summed E-state index contributed by atoms with van der Waals surface area (Å²) in [7, 11) is 0. The van der Waals surface area contributed by atoms with E-state index in [4.69, 9.17) is 4.74 Å². The second-order valence-corrected chi connectivity index (χ2v) is 7.33. The van der Waals surface area contributed by atoms with Crippen LogP contribution in [-0.4, -0.2) is 18.5 Å². The van der Waals surface area contributed by atoms with Crippen LogP contribution in [0.25, 0.3) is 0 Å². The Morgan fingerprint density at radius 1 is 1.12 bits per heavy atom. The van der Waals surface area contributed by atoms with Crippen molar-refractivity contribution < 1.29 is 14.3 Å². The van der Waals surface area contributed by atoms with Crippen molar-refractivity contribution in [2.45, 2.75) is 46.5 Å². The largest absolute Gasteiger partial charge is 0.462 e. The van der Waals surface area contributed by atoms with E-state index in [0.29, 0.717) is 17.2 Å². The minimum atomic E-state index is -0.393. The second kappa shape index (κ2) is 9.53. The van der Waals surface area contributed by atoms with Gasteiger partial charge in [-0.1, -0.05) is 51.1 Å². The van der Waals surface area contributed by atoms with Crippen molar-refractivity contribution in [2.75, 3.05) is 11.9 Å². The molecule has 1 amide bonds. The van der Waals surface area contributed by atoms with Gasteiger partial charge in [0.15, 0.2) is 0 Å². The molecule has 4 nitrogen and oxygen atoms in total. The average Bonchev–Trinajstić information content (AvgIpc) is 3.07. The molecule has 0 aliphatic heterocycles. The lowest BCUT2D eigenvalue weighted by Crippen LogP contribution is -2.22. The second-order valence-electron chi connectivity index (χ2n) is 6.25. The lowest BCUT2D eigenvalue weighted by Gasteiger charge is -2.12. The zero-order chi connectivity index (χ0) is 19.1. The Hall–Kier alpha value is -2.14. The van der Waals surface area contributed by atoms with Crippen molar-refractivity contribution >= 4 is 28.2 Å². The van der Waals surface area contributed by atoms with Crippen LogP contribution in [0.2, 0.25) is 0 Å². The molecular weight excluding hydrogens is 346 g/mol. The van der Waals surface area contributed by atoms with Gasteiger partial charge in [0.25, 0.3) is 0 Å². The lowest BCUT2D eigenvalue weighted by atomic mass is 9.99. The van der Waals surface area contributed by atoms with Gasteiger partial charge in [-0.25, -0.2) is 4.79 Å². The van der Waals surface area contributed by atoms with Gasteiger partial charge in [0.05, 0.1) is 12.2 Å². The highest BCUT2D eigenvalue weighted by atomic mass is 32.1. The Morgan fingerprint density at radius 3 is 2.35 bits per heavy atom. The molecule has 1 atom stereocenters. The normalized spacial score (nSPS) is 12.0. The zero-order valence-electron chi connectivity index (χ0n) is 15.9. The number of thiophene rings is 1. The summed E-state index contributed by atoms with van der Waals surface area (Å²) in [5, 5.41) is 3.54. The van der Waals surface area contributed by atoms with Crippen LogP contribution in [0.4, 0.5) is 5.00 Å². The molecule has 5 heteroatoms. The minimum Gasteiger partial charge on any atom is -0.462 e. The SMILES string of the molecule is CCOC(=O)c1cc(C(C)c2ccccc2)sc1NC(=O)C(CC)CC. The van der Waals surface area contributed by atoms with Crippen LogP contribution in [0.3, 0.4) is 0 Å². The number of amides is 1. The summed E-state index contributed by atoms with van der Waals surface area (Å²) in [6.07, 6.45) is 1.55. The summed E-state index contributed by atoms with van der Waals surface area (Å²) >= 11 is 1.45. The van der Waals surface area contributed by atoms with Crippen LogP contribution in [0, 0.1) is 5.92 Å². The molecule has 140 valence electrons. The minimum absolute atomic E-state index is 0.0405. The molecule has 0 saturated heterocycles. The van der Waals surface area contributed by atoms with Crippen molar-refractivity contribution in [2.24, 2.45) is 5.92 Å². The van der Waals surface area contributed by atoms with E-state index >= 15 is 0 Å². The summed E-state index contributed by atoms with van der Waals surface area (Å²) in [5.41, 5.74) is 1.61. The maximum atomic E-state index is 12.5. The third-order valence-electron chi connectivity index (χ3n) is 4.57. The molecule has 0 saturated carbocycles. The topological polar surface area (TPSA) is 55.4 Å². The van der Waals surface area contributed by atoms with E-state index in [-0.39, 0.29) is 17.7 Å². The van der Waals surface area contributed by atoms with E-state index in [0.717, 1.165) is 17.7 Å². The number of ether oxygens (including phenoxy) is 1. The summed E-state index contributed by atoms with van der Waals surface area (Å²) < 4.78 is 5.18. The first-order valence-corrected chi connectivity index (χ1v) is 10.00. The molecule has 2 rings (SSSR count). The summed E-state index contributed by atoms with van der Waals surface area (Å²) in [4.78, 5) is 25.9. The number of hydrogen-bond donors (Lipinski definition) is 1. The van der Waals surface area contributed by atoms with Gasteiger partial charge in [-0.15, -0.1) is 11.3 Å².